The van der Waals surface area contributed by atoms with Gasteiger partial charge >= 0.3 is 5.69 Å². The van der Waals surface area contributed by atoms with Crippen LogP contribution in [0.5, 0.6) is 0 Å². The van der Waals surface area contributed by atoms with Crippen molar-refractivity contribution in [1.29, 1.82) is 0 Å². The number of aromatic nitrogens is 3. The van der Waals surface area contributed by atoms with Crippen molar-refractivity contribution >= 4 is 11.5 Å². The zero-order valence-corrected chi connectivity index (χ0v) is 19.0. The summed E-state index contributed by atoms with van der Waals surface area (Å²) in [4.78, 5) is 35.3. The molecule has 0 spiro atoms. The Morgan fingerprint density at radius 3 is 2.44 bits per heavy atom. The van der Waals surface area contributed by atoms with Crippen LogP contribution in [0.4, 0.5) is 10.2 Å². The molecule has 1 aromatic carbocycles. The highest BCUT2D eigenvalue weighted by Crippen LogP contribution is 2.25. The molecule has 0 unspecified atom stereocenters. The summed E-state index contributed by atoms with van der Waals surface area (Å²) in [5, 5.41) is 0. The number of anilines is 1. The maximum atomic E-state index is 13.4. The molecule has 0 atom stereocenters. The van der Waals surface area contributed by atoms with Crippen molar-refractivity contribution in [3.63, 3.8) is 0 Å². The highest BCUT2D eigenvalue weighted by molar-refractivity contribution is 5.63. The normalized spacial score (nSPS) is 16.0. The lowest BCUT2D eigenvalue weighted by Crippen LogP contribution is -2.47. The monoisotopic (exact) mass is 463 g/mol. The van der Waals surface area contributed by atoms with Crippen LogP contribution in [0.1, 0.15) is 16.8 Å². The second-order valence-corrected chi connectivity index (χ2v) is 8.52. The van der Waals surface area contributed by atoms with E-state index in [1.165, 1.54) is 16.7 Å². The quantitative estimate of drug-likeness (QED) is 0.591. The van der Waals surface area contributed by atoms with Gasteiger partial charge in [0, 0.05) is 38.3 Å². The van der Waals surface area contributed by atoms with Crippen LogP contribution < -0.4 is 16.1 Å². The SMILES string of the molecule is C=C1c2c(C)c(=O)n(-c3ccc(N4CCOCC4)nc3)c(=O)n2CCN1Cc1ccc(F)cc1. The minimum Gasteiger partial charge on any atom is -0.378 e. The highest BCUT2D eigenvalue weighted by Gasteiger charge is 2.26. The van der Waals surface area contributed by atoms with E-state index in [9.17, 15) is 14.0 Å². The van der Waals surface area contributed by atoms with Gasteiger partial charge in [-0.2, -0.15) is 0 Å². The molecule has 34 heavy (non-hydrogen) atoms. The highest BCUT2D eigenvalue weighted by atomic mass is 19.1. The number of benzene rings is 1. The molecule has 3 aromatic rings. The largest absolute Gasteiger partial charge is 0.378 e. The van der Waals surface area contributed by atoms with Gasteiger partial charge in [-0.15, -0.1) is 0 Å². The van der Waals surface area contributed by atoms with Gasteiger partial charge in [0.05, 0.1) is 36.5 Å². The number of pyridine rings is 1. The smallest absolute Gasteiger partial charge is 0.336 e. The van der Waals surface area contributed by atoms with Crippen LogP contribution in [-0.2, 0) is 17.8 Å². The molecule has 0 bridgehead atoms. The molecule has 0 saturated carbocycles. The number of hydrogen-bond donors (Lipinski definition) is 0. The van der Waals surface area contributed by atoms with E-state index in [2.05, 4.69) is 16.5 Å². The summed E-state index contributed by atoms with van der Waals surface area (Å²) in [7, 11) is 0. The number of morpholine rings is 1. The van der Waals surface area contributed by atoms with Crippen LogP contribution in [0.2, 0.25) is 0 Å². The molecule has 0 amide bonds. The molecular weight excluding hydrogens is 437 g/mol. The van der Waals surface area contributed by atoms with Crippen LogP contribution >= 0.6 is 0 Å². The molecule has 8 nitrogen and oxygen atoms in total. The molecule has 2 aliphatic rings. The molecular formula is C25H26FN5O3. The third kappa shape index (κ3) is 3.92. The zero-order chi connectivity index (χ0) is 23.8. The first-order chi connectivity index (χ1) is 16.4. The molecule has 1 saturated heterocycles. The molecule has 4 heterocycles. The van der Waals surface area contributed by atoms with Gasteiger partial charge in [-0.3, -0.25) is 9.36 Å². The Morgan fingerprint density at radius 2 is 1.76 bits per heavy atom. The number of hydrogen-bond acceptors (Lipinski definition) is 6. The van der Waals surface area contributed by atoms with Crippen molar-refractivity contribution in [2.24, 2.45) is 0 Å². The average molecular weight is 464 g/mol. The Hall–Kier alpha value is -3.72. The fourth-order valence-electron chi connectivity index (χ4n) is 4.56. The molecule has 2 aromatic heterocycles. The van der Waals surface area contributed by atoms with Crippen molar-refractivity contribution in [2.75, 3.05) is 37.7 Å². The number of nitrogens with zero attached hydrogens (tertiary/aromatic N) is 5. The van der Waals surface area contributed by atoms with Crippen LogP contribution in [0, 0.1) is 12.7 Å². The fourth-order valence-corrected chi connectivity index (χ4v) is 4.56. The van der Waals surface area contributed by atoms with E-state index < -0.39 is 5.69 Å². The Bertz CT molecular complexity index is 1340. The zero-order valence-electron chi connectivity index (χ0n) is 19.0. The van der Waals surface area contributed by atoms with Gasteiger partial charge in [0.25, 0.3) is 5.56 Å². The molecule has 0 N–H and O–H groups in total. The Morgan fingerprint density at radius 1 is 1.03 bits per heavy atom. The molecule has 9 heteroatoms. The Balaban J connectivity index is 1.47. The Labute approximate surface area is 196 Å². The lowest BCUT2D eigenvalue weighted by Gasteiger charge is -2.34. The van der Waals surface area contributed by atoms with Crippen LogP contribution in [-0.4, -0.2) is 51.9 Å². The Kier molecular flexibility index (Phi) is 5.79. The molecule has 2 aliphatic heterocycles. The first kappa shape index (κ1) is 22.1. The maximum Gasteiger partial charge on any atom is 0.336 e. The van der Waals surface area contributed by atoms with Gasteiger partial charge in [0.2, 0.25) is 0 Å². The van der Waals surface area contributed by atoms with E-state index in [0.29, 0.717) is 55.5 Å². The molecule has 0 radical (unpaired) electrons. The van der Waals surface area contributed by atoms with Gasteiger partial charge in [-0.05, 0) is 36.8 Å². The van der Waals surface area contributed by atoms with Crippen LogP contribution in [0.25, 0.3) is 11.4 Å². The summed E-state index contributed by atoms with van der Waals surface area (Å²) in [6.07, 6.45) is 1.57. The van der Waals surface area contributed by atoms with Crippen LogP contribution in [0.3, 0.4) is 0 Å². The fraction of sp³-hybridized carbons (Fsp3) is 0.320. The first-order valence-electron chi connectivity index (χ1n) is 11.3. The van der Waals surface area contributed by atoms with Gasteiger partial charge in [0.15, 0.2) is 0 Å². The van der Waals surface area contributed by atoms with Crippen molar-refractivity contribution < 1.29 is 9.13 Å². The summed E-state index contributed by atoms with van der Waals surface area (Å²) in [6, 6.07) is 9.87. The third-order valence-electron chi connectivity index (χ3n) is 6.43. The summed E-state index contributed by atoms with van der Waals surface area (Å²) in [5.41, 5.74) is 2.16. The van der Waals surface area contributed by atoms with Crippen molar-refractivity contribution in [1.82, 2.24) is 19.0 Å². The predicted molar refractivity (Wildman–Crippen MR) is 128 cm³/mol. The first-order valence-corrected chi connectivity index (χ1v) is 11.3. The van der Waals surface area contributed by atoms with E-state index in [4.69, 9.17) is 4.74 Å². The van der Waals surface area contributed by atoms with Gasteiger partial charge in [0.1, 0.15) is 11.6 Å². The van der Waals surface area contributed by atoms with E-state index >= 15 is 0 Å². The molecule has 1 fully saturated rings. The molecule has 176 valence electrons. The van der Waals surface area contributed by atoms with Gasteiger partial charge in [-0.1, -0.05) is 18.7 Å². The van der Waals surface area contributed by atoms with Gasteiger partial charge in [-0.25, -0.2) is 18.7 Å². The average Bonchev–Trinajstić information content (AvgIpc) is 2.86. The number of ether oxygens (including phenoxy) is 1. The minimum absolute atomic E-state index is 0.290. The topological polar surface area (TPSA) is 72.6 Å². The van der Waals surface area contributed by atoms with E-state index in [-0.39, 0.29) is 11.4 Å². The number of halogens is 1. The molecule has 5 rings (SSSR count). The maximum absolute atomic E-state index is 13.4. The predicted octanol–water partition coefficient (Wildman–Crippen LogP) is 2.16. The second kappa shape index (κ2) is 8.90. The van der Waals surface area contributed by atoms with Crippen molar-refractivity contribution in [3.05, 3.63) is 92.7 Å². The minimum atomic E-state index is -0.408. The van der Waals surface area contributed by atoms with Crippen molar-refractivity contribution in [3.8, 4) is 5.69 Å². The summed E-state index contributed by atoms with van der Waals surface area (Å²) in [5.74, 6) is 0.502. The van der Waals surface area contributed by atoms with Crippen LogP contribution in [0.15, 0.2) is 58.8 Å². The summed E-state index contributed by atoms with van der Waals surface area (Å²) < 4.78 is 21.4. The number of rotatable bonds is 4. The lowest BCUT2D eigenvalue weighted by atomic mass is 10.1. The summed E-state index contributed by atoms with van der Waals surface area (Å²) >= 11 is 0. The standard InChI is InChI=1S/C25H26FN5O3/c1-17-23-18(2)29(16-19-3-5-20(26)6-4-19)9-10-30(23)25(33)31(24(17)32)21-7-8-22(27-15-21)28-11-13-34-14-12-28/h3-8,15H,2,9-14,16H2,1H3. The summed E-state index contributed by atoms with van der Waals surface area (Å²) in [6.45, 7) is 10.2. The lowest BCUT2D eigenvalue weighted by molar-refractivity contribution is 0.122. The number of fused-ring (bicyclic) bond motifs is 1. The van der Waals surface area contributed by atoms with E-state index in [0.717, 1.165) is 24.5 Å². The van der Waals surface area contributed by atoms with E-state index in [1.807, 2.05) is 11.0 Å². The van der Waals surface area contributed by atoms with Crippen molar-refractivity contribution in [2.45, 2.75) is 20.0 Å². The second-order valence-electron chi connectivity index (χ2n) is 8.52. The van der Waals surface area contributed by atoms with Gasteiger partial charge < -0.3 is 14.5 Å². The third-order valence-corrected chi connectivity index (χ3v) is 6.43. The van der Waals surface area contributed by atoms with E-state index in [1.54, 1.807) is 35.9 Å². The molecule has 0 aliphatic carbocycles.